The van der Waals surface area contributed by atoms with Gasteiger partial charge in [0.15, 0.2) is 0 Å². The predicted molar refractivity (Wildman–Crippen MR) is 108 cm³/mol. The average Bonchev–Trinajstić information content (AvgIpc) is 2.70. The molecule has 0 aliphatic carbocycles. The summed E-state index contributed by atoms with van der Waals surface area (Å²) < 4.78 is 18.6. The number of aryl methyl sites for hydroxylation is 1. The monoisotopic (exact) mass is 377 g/mol. The minimum atomic E-state index is -0.412. The summed E-state index contributed by atoms with van der Waals surface area (Å²) in [6.45, 7) is 2.27. The third kappa shape index (κ3) is 5.67. The standard InChI is InChI=1S/C22H20FN3O2/c1-16-4-2-3-5-21(16)25-22(27)26-24-14-17-8-12-20(13-9-17)28-15-18-6-10-19(23)11-7-18/h2-14H,15H2,1H3,(H2,25,26,27). The fourth-order valence-corrected chi connectivity index (χ4v) is 2.43. The van der Waals surface area contributed by atoms with Gasteiger partial charge >= 0.3 is 6.03 Å². The lowest BCUT2D eigenvalue weighted by Gasteiger charge is -2.07. The normalized spacial score (nSPS) is 10.6. The highest BCUT2D eigenvalue weighted by atomic mass is 19.1. The van der Waals surface area contributed by atoms with Gasteiger partial charge in [-0.15, -0.1) is 0 Å². The second kappa shape index (κ2) is 9.32. The quantitative estimate of drug-likeness (QED) is 0.476. The Labute approximate surface area is 162 Å². The van der Waals surface area contributed by atoms with E-state index < -0.39 is 6.03 Å². The Morgan fingerprint density at radius 3 is 2.46 bits per heavy atom. The molecule has 142 valence electrons. The van der Waals surface area contributed by atoms with Gasteiger partial charge in [-0.1, -0.05) is 30.3 Å². The van der Waals surface area contributed by atoms with E-state index in [9.17, 15) is 9.18 Å². The first-order valence-electron chi connectivity index (χ1n) is 8.73. The predicted octanol–water partition coefficient (Wildman–Crippen LogP) is 4.87. The Kier molecular flexibility index (Phi) is 6.36. The van der Waals surface area contributed by atoms with Gasteiger partial charge in [-0.05, 0) is 66.1 Å². The Morgan fingerprint density at radius 1 is 1.04 bits per heavy atom. The maximum absolute atomic E-state index is 12.9. The van der Waals surface area contributed by atoms with E-state index in [0.29, 0.717) is 12.4 Å². The van der Waals surface area contributed by atoms with E-state index in [1.54, 1.807) is 30.5 Å². The second-order valence-corrected chi connectivity index (χ2v) is 6.12. The van der Waals surface area contributed by atoms with Crippen LogP contribution in [0.5, 0.6) is 5.75 Å². The summed E-state index contributed by atoms with van der Waals surface area (Å²) in [7, 11) is 0. The molecule has 0 radical (unpaired) electrons. The van der Waals surface area contributed by atoms with Crippen LogP contribution in [0.4, 0.5) is 14.9 Å². The highest BCUT2D eigenvalue weighted by molar-refractivity contribution is 5.91. The van der Waals surface area contributed by atoms with Gasteiger partial charge in [-0.3, -0.25) is 0 Å². The first-order valence-corrected chi connectivity index (χ1v) is 8.73. The van der Waals surface area contributed by atoms with Gasteiger partial charge in [0, 0.05) is 5.69 Å². The fraction of sp³-hybridized carbons (Fsp3) is 0.0909. The van der Waals surface area contributed by atoms with Crippen molar-refractivity contribution in [1.82, 2.24) is 5.43 Å². The van der Waals surface area contributed by atoms with Crippen molar-refractivity contribution in [2.24, 2.45) is 5.10 Å². The largest absolute Gasteiger partial charge is 0.489 e. The number of amides is 2. The molecule has 0 aromatic heterocycles. The lowest BCUT2D eigenvalue weighted by molar-refractivity contribution is 0.252. The van der Waals surface area contributed by atoms with E-state index in [2.05, 4.69) is 15.8 Å². The number of carbonyl (C=O) groups is 1. The minimum Gasteiger partial charge on any atom is -0.489 e. The first-order chi connectivity index (χ1) is 13.6. The summed E-state index contributed by atoms with van der Waals surface area (Å²) in [5.74, 6) is 0.417. The van der Waals surface area contributed by atoms with Crippen LogP contribution in [0.15, 0.2) is 77.9 Å². The van der Waals surface area contributed by atoms with Crippen molar-refractivity contribution in [2.45, 2.75) is 13.5 Å². The molecular weight excluding hydrogens is 357 g/mol. The molecule has 0 bridgehead atoms. The average molecular weight is 377 g/mol. The first kappa shape index (κ1) is 19.1. The van der Waals surface area contributed by atoms with Crippen LogP contribution in [0.3, 0.4) is 0 Å². The van der Waals surface area contributed by atoms with Crippen molar-refractivity contribution in [3.05, 3.63) is 95.3 Å². The van der Waals surface area contributed by atoms with Crippen LogP contribution in [0.1, 0.15) is 16.7 Å². The molecule has 2 amide bonds. The SMILES string of the molecule is Cc1ccccc1NC(=O)NN=Cc1ccc(OCc2ccc(F)cc2)cc1. The van der Waals surface area contributed by atoms with Crippen molar-refractivity contribution < 1.29 is 13.9 Å². The molecule has 3 aromatic carbocycles. The number of ether oxygens (including phenoxy) is 1. The molecule has 0 aliphatic heterocycles. The van der Waals surface area contributed by atoms with Crippen molar-refractivity contribution >= 4 is 17.9 Å². The van der Waals surface area contributed by atoms with E-state index >= 15 is 0 Å². The smallest absolute Gasteiger partial charge is 0.339 e. The van der Waals surface area contributed by atoms with E-state index in [4.69, 9.17) is 4.74 Å². The molecule has 0 saturated heterocycles. The van der Waals surface area contributed by atoms with Gasteiger partial charge in [0.1, 0.15) is 18.2 Å². The number of nitrogens with zero attached hydrogens (tertiary/aromatic N) is 1. The molecule has 0 heterocycles. The summed E-state index contributed by atoms with van der Waals surface area (Å²) >= 11 is 0. The summed E-state index contributed by atoms with van der Waals surface area (Å²) in [4.78, 5) is 11.9. The van der Waals surface area contributed by atoms with E-state index in [1.807, 2.05) is 43.3 Å². The van der Waals surface area contributed by atoms with E-state index in [0.717, 1.165) is 22.4 Å². The number of carbonyl (C=O) groups excluding carboxylic acids is 1. The number of nitrogens with one attached hydrogen (secondary N) is 2. The summed E-state index contributed by atoms with van der Waals surface area (Å²) in [6.07, 6.45) is 1.54. The maximum Gasteiger partial charge on any atom is 0.339 e. The van der Waals surface area contributed by atoms with Crippen LogP contribution < -0.4 is 15.5 Å². The number of rotatable bonds is 6. The number of hydrogen-bond donors (Lipinski definition) is 2. The van der Waals surface area contributed by atoms with Crippen LogP contribution in [0.2, 0.25) is 0 Å². The van der Waals surface area contributed by atoms with Crippen LogP contribution in [0.25, 0.3) is 0 Å². The number of para-hydroxylation sites is 1. The molecular formula is C22H20FN3O2. The van der Waals surface area contributed by atoms with Crippen LogP contribution in [0, 0.1) is 12.7 Å². The molecule has 0 aliphatic rings. The summed E-state index contributed by atoms with van der Waals surface area (Å²) in [5.41, 5.74) is 5.83. The Morgan fingerprint density at radius 2 is 1.75 bits per heavy atom. The molecule has 0 saturated carbocycles. The van der Waals surface area contributed by atoms with Gasteiger partial charge in [0.05, 0.1) is 6.21 Å². The van der Waals surface area contributed by atoms with Crippen molar-refractivity contribution in [2.75, 3.05) is 5.32 Å². The van der Waals surface area contributed by atoms with Gasteiger partial charge in [0.2, 0.25) is 0 Å². The third-order valence-electron chi connectivity index (χ3n) is 3.97. The Hall–Kier alpha value is -3.67. The number of urea groups is 1. The lowest BCUT2D eigenvalue weighted by Crippen LogP contribution is -2.24. The van der Waals surface area contributed by atoms with Gasteiger partial charge < -0.3 is 10.1 Å². The van der Waals surface area contributed by atoms with Gasteiger partial charge in [-0.2, -0.15) is 5.10 Å². The van der Waals surface area contributed by atoms with Gasteiger partial charge in [-0.25, -0.2) is 14.6 Å². The zero-order valence-corrected chi connectivity index (χ0v) is 15.4. The van der Waals surface area contributed by atoms with E-state index in [-0.39, 0.29) is 5.82 Å². The lowest BCUT2D eigenvalue weighted by atomic mass is 10.2. The van der Waals surface area contributed by atoms with Crippen molar-refractivity contribution in [1.29, 1.82) is 0 Å². The zero-order valence-electron chi connectivity index (χ0n) is 15.4. The van der Waals surface area contributed by atoms with Crippen LogP contribution in [-0.4, -0.2) is 12.2 Å². The van der Waals surface area contributed by atoms with Crippen LogP contribution >= 0.6 is 0 Å². The molecule has 2 N–H and O–H groups in total. The molecule has 5 nitrogen and oxygen atoms in total. The number of halogens is 1. The number of anilines is 1. The minimum absolute atomic E-state index is 0.270. The zero-order chi connectivity index (χ0) is 19.8. The topological polar surface area (TPSA) is 62.7 Å². The molecule has 0 unspecified atom stereocenters. The third-order valence-corrected chi connectivity index (χ3v) is 3.97. The summed E-state index contributed by atoms with van der Waals surface area (Å²) in [5, 5.41) is 6.67. The van der Waals surface area contributed by atoms with E-state index in [1.165, 1.54) is 12.1 Å². The molecule has 6 heteroatoms. The number of benzene rings is 3. The van der Waals surface area contributed by atoms with Crippen molar-refractivity contribution in [3.8, 4) is 5.75 Å². The molecule has 3 rings (SSSR count). The Bertz CT molecular complexity index is 954. The highest BCUT2D eigenvalue weighted by Gasteiger charge is 2.02. The molecule has 0 fully saturated rings. The van der Waals surface area contributed by atoms with Crippen molar-refractivity contribution in [3.63, 3.8) is 0 Å². The molecule has 28 heavy (non-hydrogen) atoms. The van der Waals surface area contributed by atoms with Gasteiger partial charge in [0.25, 0.3) is 0 Å². The highest BCUT2D eigenvalue weighted by Crippen LogP contribution is 2.14. The number of hydrogen-bond acceptors (Lipinski definition) is 3. The molecule has 0 spiro atoms. The second-order valence-electron chi connectivity index (χ2n) is 6.12. The summed E-state index contributed by atoms with van der Waals surface area (Å²) in [6, 6.07) is 20.5. The molecule has 0 atom stereocenters. The Balaban J connectivity index is 1.47. The van der Waals surface area contributed by atoms with Crippen LogP contribution in [-0.2, 0) is 6.61 Å². The molecule has 3 aromatic rings. The maximum atomic E-state index is 12.9. The number of hydrazone groups is 1. The fourth-order valence-electron chi connectivity index (χ4n) is 2.43.